The maximum atomic E-state index is 12.7. The number of piperazine rings is 1. The van der Waals surface area contributed by atoms with E-state index in [-0.39, 0.29) is 16.8 Å². The van der Waals surface area contributed by atoms with Gasteiger partial charge < -0.3 is 10.2 Å². The number of amides is 1. The molecule has 1 aliphatic rings. The first-order chi connectivity index (χ1) is 12.8. The molecule has 0 aromatic heterocycles. The van der Waals surface area contributed by atoms with Crippen LogP contribution >= 0.6 is 0 Å². The molecule has 0 bridgehead atoms. The molecule has 2 aromatic rings. The van der Waals surface area contributed by atoms with Crippen LogP contribution < -0.4 is 10.0 Å². The number of rotatable bonds is 4. The van der Waals surface area contributed by atoms with Gasteiger partial charge in [0.25, 0.3) is 15.9 Å². The summed E-state index contributed by atoms with van der Waals surface area (Å²) >= 11 is 0. The highest BCUT2D eigenvalue weighted by Gasteiger charge is 2.24. The third-order valence-electron chi connectivity index (χ3n) is 4.93. The summed E-state index contributed by atoms with van der Waals surface area (Å²) in [5.74, 6) is -0.0347. The summed E-state index contributed by atoms with van der Waals surface area (Å²) in [5.41, 5.74) is 2.94. The van der Waals surface area contributed by atoms with Gasteiger partial charge in [-0.05, 0) is 68.3 Å². The number of sulfonamides is 1. The van der Waals surface area contributed by atoms with Crippen LogP contribution in [0.25, 0.3) is 0 Å². The lowest BCUT2D eigenvalue weighted by atomic mass is 10.1. The van der Waals surface area contributed by atoms with Gasteiger partial charge in [0, 0.05) is 36.9 Å². The van der Waals surface area contributed by atoms with E-state index in [1.54, 1.807) is 42.5 Å². The lowest BCUT2D eigenvalue weighted by Gasteiger charge is -2.34. The van der Waals surface area contributed by atoms with Crippen LogP contribution in [0, 0.1) is 13.8 Å². The maximum absolute atomic E-state index is 12.7. The van der Waals surface area contributed by atoms with Crippen molar-refractivity contribution in [3.8, 4) is 0 Å². The van der Waals surface area contributed by atoms with E-state index in [2.05, 4.69) is 10.0 Å². The summed E-state index contributed by atoms with van der Waals surface area (Å²) in [6, 6.07) is 11.7. The maximum Gasteiger partial charge on any atom is 0.261 e. The molecule has 2 N–H and O–H groups in total. The summed E-state index contributed by atoms with van der Waals surface area (Å²) in [7, 11) is -3.67. The van der Waals surface area contributed by atoms with E-state index in [1.807, 2.05) is 25.7 Å². The minimum atomic E-state index is -3.67. The van der Waals surface area contributed by atoms with Gasteiger partial charge in [-0.1, -0.05) is 6.07 Å². The molecule has 27 heavy (non-hydrogen) atoms. The predicted molar refractivity (Wildman–Crippen MR) is 107 cm³/mol. The number of benzene rings is 2. The van der Waals surface area contributed by atoms with Gasteiger partial charge in [0.15, 0.2) is 0 Å². The van der Waals surface area contributed by atoms with Crippen LogP contribution in [-0.2, 0) is 10.0 Å². The molecule has 7 heteroatoms. The Morgan fingerprint density at radius 3 is 2.44 bits per heavy atom. The van der Waals surface area contributed by atoms with Gasteiger partial charge in [-0.3, -0.25) is 9.52 Å². The smallest absolute Gasteiger partial charge is 0.261 e. The largest absolute Gasteiger partial charge is 0.333 e. The minimum absolute atomic E-state index is 0.0347. The molecule has 3 rings (SSSR count). The van der Waals surface area contributed by atoms with Gasteiger partial charge in [-0.2, -0.15) is 0 Å². The number of aryl methyl sites for hydroxylation is 2. The van der Waals surface area contributed by atoms with Gasteiger partial charge in [0.05, 0.1) is 4.90 Å². The van der Waals surface area contributed by atoms with Gasteiger partial charge in [0.2, 0.25) is 0 Å². The molecule has 0 aliphatic carbocycles. The molecule has 0 radical (unpaired) electrons. The lowest BCUT2D eigenvalue weighted by molar-refractivity contribution is 0.0656. The molecular weight excluding hydrogens is 362 g/mol. The van der Waals surface area contributed by atoms with Crippen LogP contribution in [0.5, 0.6) is 0 Å². The first kappa shape index (κ1) is 19.4. The Morgan fingerprint density at radius 2 is 1.81 bits per heavy atom. The molecule has 1 atom stereocenters. The highest BCUT2D eigenvalue weighted by atomic mass is 32.2. The first-order valence-electron chi connectivity index (χ1n) is 9.00. The Labute approximate surface area is 160 Å². The highest BCUT2D eigenvalue weighted by Crippen LogP contribution is 2.20. The lowest BCUT2D eigenvalue weighted by Crippen LogP contribution is -2.52. The van der Waals surface area contributed by atoms with E-state index >= 15 is 0 Å². The van der Waals surface area contributed by atoms with E-state index in [9.17, 15) is 13.2 Å². The fourth-order valence-electron chi connectivity index (χ4n) is 3.08. The molecular formula is C20H25N3O3S. The van der Waals surface area contributed by atoms with Crippen molar-refractivity contribution in [1.82, 2.24) is 10.2 Å². The van der Waals surface area contributed by atoms with Crippen molar-refractivity contribution >= 4 is 21.6 Å². The molecule has 2 aromatic carbocycles. The van der Waals surface area contributed by atoms with Crippen LogP contribution in [-0.4, -0.2) is 44.9 Å². The average Bonchev–Trinajstić information content (AvgIpc) is 2.64. The van der Waals surface area contributed by atoms with Crippen molar-refractivity contribution in [2.45, 2.75) is 31.7 Å². The standard InChI is InChI=1S/C20H25N3O3S/c1-14-4-9-19(12-15(14)2)27(25,26)22-18-7-5-17(6-8-18)20(24)23-11-10-21-13-16(23)3/h4-9,12,16,21-22H,10-11,13H2,1-3H3. The van der Waals surface area contributed by atoms with Crippen LogP contribution in [0.1, 0.15) is 28.4 Å². The molecule has 1 aliphatic heterocycles. The van der Waals surface area contributed by atoms with E-state index in [1.165, 1.54) is 0 Å². The van der Waals surface area contributed by atoms with E-state index < -0.39 is 10.0 Å². The zero-order valence-corrected chi connectivity index (χ0v) is 16.6. The van der Waals surface area contributed by atoms with Crippen molar-refractivity contribution < 1.29 is 13.2 Å². The number of anilines is 1. The zero-order valence-electron chi connectivity index (χ0n) is 15.8. The van der Waals surface area contributed by atoms with Gasteiger partial charge in [-0.25, -0.2) is 8.42 Å². The molecule has 6 nitrogen and oxygen atoms in total. The normalized spacial score (nSPS) is 17.6. The van der Waals surface area contributed by atoms with Crippen molar-refractivity contribution in [3.05, 3.63) is 59.2 Å². The molecule has 1 amide bonds. The fourth-order valence-corrected chi connectivity index (χ4v) is 4.23. The monoisotopic (exact) mass is 387 g/mol. The number of hydrogen-bond donors (Lipinski definition) is 2. The van der Waals surface area contributed by atoms with Crippen LogP contribution in [0.4, 0.5) is 5.69 Å². The summed E-state index contributed by atoms with van der Waals surface area (Å²) in [5, 5.41) is 3.26. The Kier molecular flexibility index (Phi) is 5.53. The van der Waals surface area contributed by atoms with E-state index in [4.69, 9.17) is 0 Å². The number of carbonyl (C=O) groups is 1. The molecule has 1 fully saturated rings. The average molecular weight is 388 g/mol. The molecule has 1 saturated heterocycles. The van der Waals surface area contributed by atoms with E-state index in [0.29, 0.717) is 17.8 Å². The van der Waals surface area contributed by atoms with Crippen LogP contribution in [0.15, 0.2) is 47.4 Å². The fraction of sp³-hybridized carbons (Fsp3) is 0.350. The van der Waals surface area contributed by atoms with Gasteiger partial charge in [-0.15, -0.1) is 0 Å². The second-order valence-corrected chi connectivity index (χ2v) is 8.66. The van der Waals surface area contributed by atoms with E-state index in [0.717, 1.165) is 24.2 Å². The number of nitrogens with zero attached hydrogens (tertiary/aromatic N) is 1. The third-order valence-corrected chi connectivity index (χ3v) is 6.31. The number of carbonyl (C=O) groups excluding carboxylic acids is 1. The second-order valence-electron chi connectivity index (χ2n) is 6.98. The summed E-state index contributed by atoms with van der Waals surface area (Å²) in [6.07, 6.45) is 0. The van der Waals surface area contributed by atoms with Crippen molar-refractivity contribution in [1.29, 1.82) is 0 Å². The molecule has 0 saturated carbocycles. The Balaban J connectivity index is 1.75. The SMILES string of the molecule is Cc1ccc(S(=O)(=O)Nc2ccc(C(=O)N3CCNCC3C)cc2)cc1C. The van der Waals surface area contributed by atoms with Crippen molar-refractivity contribution in [2.24, 2.45) is 0 Å². The quantitative estimate of drug-likeness (QED) is 0.845. The van der Waals surface area contributed by atoms with Gasteiger partial charge in [0.1, 0.15) is 0 Å². The molecule has 144 valence electrons. The highest BCUT2D eigenvalue weighted by molar-refractivity contribution is 7.92. The Hall–Kier alpha value is -2.38. The first-order valence-corrected chi connectivity index (χ1v) is 10.5. The number of nitrogens with one attached hydrogen (secondary N) is 2. The summed E-state index contributed by atoms with van der Waals surface area (Å²) < 4.78 is 27.7. The molecule has 1 unspecified atom stereocenters. The zero-order chi connectivity index (χ0) is 19.6. The van der Waals surface area contributed by atoms with Crippen molar-refractivity contribution in [2.75, 3.05) is 24.4 Å². The van der Waals surface area contributed by atoms with Crippen molar-refractivity contribution in [3.63, 3.8) is 0 Å². The minimum Gasteiger partial charge on any atom is -0.333 e. The number of hydrogen-bond acceptors (Lipinski definition) is 4. The topological polar surface area (TPSA) is 78.5 Å². The van der Waals surface area contributed by atoms with Crippen LogP contribution in [0.2, 0.25) is 0 Å². The molecule has 0 spiro atoms. The predicted octanol–water partition coefficient (Wildman–Crippen LogP) is 2.54. The Bertz CT molecular complexity index is 939. The summed E-state index contributed by atoms with van der Waals surface area (Å²) in [4.78, 5) is 14.7. The Morgan fingerprint density at radius 1 is 1.11 bits per heavy atom. The van der Waals surface area contributed by atoms with Crippen LogP contribution in [0.3, 0.4) is 0 Å². The molecule has 1 heterocycles. The second kappa shape index (κ2) is 7.70. The summed E-state index contributed by atoms with van der Waals surface area (Å²) in [6.45, 7) is 8.06. The van der Waals surface area contributed by atoms with Gasteiger partial charge >= 0.3 is 0 Å². The third kappa shape index (κ3) is 4.31.